The highest BCUT2D eigenvalue weighted by Gasteiger charge is 2.31. The quantitative estimate of drug-likeness (QED) is 0.946. The summed E-state index contributed by atoms with van der Waals surface area (Å²) < 4.78 is 13.8. The highest BCUT2D eigenvalue weighted by molar-refractivity contribution is 7.17. The number of halogens is 1. The molecule has 1 N–H and O–H groups in total. The summed E-state index contributed by atoms with van der Waals surface area (Å²) in [5, 5.41) is 8.99. The number of hydrogen-bond donors (Lipinski definition) is 1. The van der Waals surface area contributed by atoms with Crippen LogP contribution in [0.1, 0.15) is 16.1 Å². The third kappa shape index (κ3) is 2.74. The van der Waals surface area contributed by atoms with Gasteiger partial charge in [-0.1, -0.05) is 18.2 Å². The summed E-state index contributed by atoms with van der Waals surface area (Å²) in [5.41, 5.74) is 0.469. The number of hydrogen-bond acceptors (Lipinski definition) is 3. The van der Waals surface area contributed by atoms with E-state index in [1.165, 1.54) is 17.4 Å². The van der Waals surface area contributed by atoms with Crippen molar-refractivity contribution in [3.05, 3.63) is 47.1 Å². The van der Waals surface area contributed by atoms with Gasteiger partial charge >= 0.3 is 5.97 Å². The SMILES string of the molecule is O=C(O)[C@H]1CCN(C(=O)c2ccc(-c3ccccc3F)s2)C1. The van der Waals surface area contributed by atoms with Crippen molar-refractivity contribution in [2.45, 2.75) is 6.42 Å². The molecule has 1 aromatic carbocycles. The Hall–Kier alpha value is -2.21. The van der Waals surface area contributed by atoms with Crippen molar-refractivity contribution in [2.24, 2.45) is 5.92 Å². The molecule has 0 radical (unpaired) electrons. The molecule has 1 aliphatic rings. The zero-order valence-corrected chi connectivity index (χ0v) is 12.5. The minimum Gasteiger partial charge on any atom is -0.481 e. The fourth-order valence-electron chi connectivity index (χ4n) is 2.56. The summed E-state index contributed by atoms with van der Waals surface area (Å²) in [7, 11) is 0. The number of aliphatic carboxylic acids is 1. The van der Waals surface area contributed by atoms with Crippen molar-refractivity contribution in [3.8, 4) is 10.4 Å². The molecule has 1 aromatic heterocycles. The van der Waals surface area contributed by atoms with Crippen LogP contribution in [0.3, 0.4) is 0 Å². The molecule has 3 rings (SSSR count). The zero-order valence-electron chi connectivity index (χ0n) is 11.7. The molecule has 1 saturated heterocycles. The van der Waals surface area contributed by atoms with Crippen molar-refractivity contribution in [2.75, 3.05) is 13.1 Å². The molecule has 0 saturated carbocycles. The van der Waals surface area contributed by atoms with E-state index in [0.29, 0.717) is 28.3 Å². The first-order valence-corrected chi connectivity index (χ1v) is 7.74. The summed E-state index contributed by atoms with van der Waals surface area (Å²) in [4.78, 5) is 26.1. The molecule has 0 bridgehead atoms. The molecular weight excluding hydrogens is 305 g/mol. The van der Waals surface area contributed by atoms with Gasteiger partial charge in [-0.15, -0.1) is 11.3 Å². The van der Waals surface area contributed by atoms with Gasteiger partial charge < -0.3 is 10.0 Å². The van der Waals surface area contributed by atoms with Crippen molar-refractivity contribution in [1.29, 1.82) is 0 Å². The lowest BCUT2D eigenvalue weighted by Gasteiger charge is -2.14. The Bertz CT molecular complexity index is 728. The predicted octanol–water partition coefficient (Wildman–Crippen LogP) is 3.10. The van der Waals surface area contributed by atoms with E-state index in [4.69, 9.17) is 5.11 Å². The van der Waals surface area contributed by atoms with Gasteiger partial charge in [0.25, 0.3) is 5.91 Å². The molecule has 114 valence electrons. The van der Waals surface area contributed by atoms with E-state index in [9.17, 15) is 14.0 Å². The second-order valence-electron chi connectivity index (χ2n) is 5.22. The molecule has 0 unspecified atom stereocenters. The first-order valence-electron chi connectivity index (χ1n) is 6.93. The molecular formula is C16H14FNO3S. The second kappa shape index (κ2) is 5.88. The van der Waals surface area contributed by atoms with Gasteiger partial charge in [-0.3, -0.25) is 9.59 Å². The van der Waals surface area contributed by atoms with Gasteiger partial charge in [0.1, 0.15) is 5.82 Å². The van der Waals surface area contributed by atoms with Crippen LogP contribution in [-0.2, 0) is 4.79 Å². The molecule has 1 aliphatic heterocycles. The number of nitrogens with zero attached hydrogens (tertiary/aromatic N) is 1. The normalized spacial score (nSPS) is 17.7. The molecule has 1 fully saturated rings. The maximum absolute atomic E-state index is 13.8. The molecule has 1 amide bonds. The molecule has 2 aromatic rings. The molecule has 0 aliphatic carbocycles. The van der Waals surface area contributed by atoms with E-state index in [1.807, 2.05) is 0 Å². The fourth-order valence-corrected chi connectivity index (χ4v) is 3.56. The number of thiophene rings is 1. The zero-order chi connectivity index (χ0) is 15.7. The highest BCUT2D eigenvalue weighted by atomic mass is 32.1. The number of benzene rings is 1. The van der Waals surface area contributed by atoms with Crippen LogP contribution in [0, 0.1) is 11.7 Å². The molecule has 6 heteroatoms. The molecule has 1 atom stereocenters. The van der Waals surface area contributed by atoms with E-state index < -0.39 is 11.9 Å². The van der Waals surface area contributed by atoms with Crippen LogP contribution in [0.2, 0.25) is 0 Å². The number of carbonyl (C=O) groups is 2. The summed E-state index contributed by atoms with van der Waals surface area (Å²) in [6.45, 7) is 0.684. The second-order valence-corrected chi connectivity index (χ2v) is 6.30. The van der Waals surface area contributed by atoms with Crippen LogP contribution in [0.4, 0.5) is 4.39 Å². The van der Waals surface area contributed by atoms with Crippen LogP contribution in [-0.4, -0.2) is 35.0 Å². The number of rotatable bonds is 3. The molecule has 22 heavy (non-hydrogen) atoms. The Kier molecular flexibility index (Phi) is 3.94. The molecule has 2 heterocycles. The van der Waals surface area contributed by atoms with Gasteiger partial charge in [-0.2, -0.15) is 0 Å². The summed E-state index contributed by atoms with van der Waals surface area (Å²) in [5.74, 6) is -1.87. The standard InChI is InChI=1S/C16H14FNO3S/c17-12-4-2-1-3-11(12)13-5-6-14(22-13)15(19)18-8-7-10(9-18)16(20)21/h1-6,10H,7-9H2,(H,20,21)/t10-/m0/s1. The van der Waals surface area contributed by atoms with Crippen LogP contribution in [0.25, 0.3) is 10.4 Å². The number of amides is 1. The minimum atomic E-state index is -0.867. The Morgan fingerprint density at radius 3 is 2.68 bits per heavy atom. The Balaban J connectivity index is 1.78. The summed E-state index contributed by atoms with van der Waals surface area (Å²) in [6.07, 6.45) is 0.479. The van der Waals surface area contributed by atoms with E-state index in [1.54, 1.807) is 35.2 Å². The Labute approximate surface area is 130 Å². The number of carboxylic acid groups (broad SMARTS) is 1. The summed E-state index contributed by atoms with van der Waals surface area (Å²) in [6, 6.07) is 9.82. The molecule has 0 spiro atoms. The predicted molar refractivity (Wildman–Crippen MR) is 81.4 cm³/mol. The fraction of sp³-hybridized carbons (Fsp3) is 0.250. The Morgan fingerprint density at radius 1 is 1.23 bits per heavy atom. The lowest BCUT2D eigenvalue weighted by molar-refractivity contribution is -0.141. The van der Waals surface area contributed by atoms with Gasteiger partial charge in [0.15, 0.2) is 0 Å². The lowest BCUT2D eigenvalue weighted by atomic mass is 10.1. The highest BCUT2D eigenvalue weighted by Crippen LogP contribution is 2.31. The van der Waals surface area contributed by atoms with Crippen LogP contribution >= 0.6 is 11.3 Å². The number of carbonyl (C=O) groups excluding carboxylic acids is 1. The van der Waals surface area contributed by atoms with Crippen LogP contribution in [0.15, 0.2) is 36.4 Å². The maximum atomic E-state index is 13.8. The number of likely N-dealkylation sites (tertiary alicyclic amines) is 1. The van der Waals surface area contributed by atoms with Gasteiger partial charge in [-0.25, -0.2) is 4.39 Å². The lowest BCUT2D eigenvalue weighted by Crippen LogP contribution is -2.29. The average molecular weight is 319 g/mol. The summed E-state index contributed by atoms with van der Waals surface area (Å²) >= 11 is 1.23. The van der Waals surface area contributed by atoms with E-state index >= 15 is 0 Å². The van der Waals surface area contributed by atoms with Crippen molar-refractivity contribution in [3.63, 3.8) is 0 Å². The monoisotopic (exact) mass is 319 g/mol. The van der Waals surface area contributed by atoms with Crippen LogP contribution < -0.4 is 0 Å². The van der Waals surface area contributed by atoms with Crippen molar-refractivity contribution in [1.82, 2.24) is 4.90 Å². The number of carboxylic acids is 1. The minimum absolute atomic E-state index is 0.184. The molecule has 4 nitrogen and oxygen atoms in total. The van der Waals surface area contributed by atoms with Crippen molar-refractivity contribution >= 4 is 23.2 Å². The first-order chi connectivity index (χ1) is 10.6. The maximum Gasteiger partial charge on any atom is 0.308 e. The average Bonchev–Trinajstić information content (AvgIpc) is 3.17. The first kappa shape index (κ1) is 14.7. The van der Waals surface area contributed by atoms with E-state index in [-0.39, 0.29) is 18.3 Å². The van der Waals surface area contributed by atoms with Gasteiger partial charge in [0.2, 0.25) is 0 Å². The smallest absolute Gasteiger partial charge is 0.308 e. The van der Waals surface area contributed by atoms with Gasteiger partial charge in [0, 0.05) is 23.5 Å². The van der Waals surface area contributed by atoms with E-state index in [2.05, 4.69) is 0 Å². The van der Waals surface area contributed by atoms with Gasteiger partial charge in [0.05, 0.1) is 10.8 Å². The van der Waals surface area contributed by atoms with Crippen LogP contribution in [0.5, 0.6) is 0 Å². The van der Waals surface area contributed by atoms with Gasteiger partial charge in [-0.05, 0) is 24.6 Å². The third-order valence-corrected chi connectivity index (χ3v) is 4.89. The largest absolute Gasteiger partial charge is 0.481 e. The Morgan fingerprint density at radius 2 is 2.00 bits per heavy atom. The van der Waals surface area contributed by atoms with E-state index in [0.717, 1.165) is 0 Å². The van der Waals surface area contributed by atoms with Crippen molar-refractivity contribution < 1.29 is 19.1 Å². The topological polar surface area (TPSA) is 57.6 Å². The third-order valence-electron chi connectivity index (χ3n) is 3.78.